The maximum absolute atomic E-state index is 13.9. The molecule has 2 fully saturated rings. The van der Waals surface area contributed by atoms with Gasteiger partial charge in [-0.3, -0.25) is 4.79 Å². The van der Waals surface area contributed by atoms with E-state index in [1.165, 1.54) is 24.8 Å². The molecule has 3 aliphatic rings. The molecule has 2 saturated carbocycles. The van der Waals surface area contributed by atoms with Gasteiger partial charge in [-0.2, -0.15) is 23.3 Å². The predicted molar refractivity (Wildman–Crippen MR) is 110 cm³/mol. The Morgan fingerprint density at radius 1 is 1.06 bits per heavy atom. The Hall–Kier alpha value is -2.09. The summed E-state index contributed by atoms with van der Waals surface area (Å²) in [4.78, 5) is 12.7. The van der Waals surface area contributed by atoms with Crippen LogP contribution in [0.15, 0.2) is 29.4 Å². The van der Waals surface area contributed by atoms with E-state index in [0.717, 1.165) is 19.3 Å². The zero-order chi connectivity index (χ0) is 22.1. The Balaban J connectivity index is 1.44. The highest BCUT2D eigenvalue weighted by Crippen LogP contribution is 2.47. The van der Waals surface area contributed by atoms with Gasteiger partial charge in [0.05, 0.1) is 5.92 Å². The van der Waals surface area contributed by atoms with Crippen molar-refractivity contribution in [2.45, 2.75) is 82.0 Å². The summed E-state index contributed by atoms with van der Waals surface area (Å²) in [5.74, 6) is -1.28. The van der Waals surface area contributed by atoms with Gasteiger partial charge in [0.25, 0.3) is 11.6 Å². The Morgan fingerprint density at radius 2 is 1.71 bits per heavy atom. The van der Waals surface area contributed by atoms with Gasteiger partial charge < -0.3 is 9.84 Å². The minimum Gasteiger partial charge on any atom is -0.484 e. The van der Waals surface area contributed by atoms with Crippen LogP contribution < -0.4 is 4.74 Å². The lowest BCUT2D eigenvalue weighted by Crippen LogP contribution is -2.61. The van der Waals surface area contributed by atoms with Crippen LogP contribution in [-0.4, -0.2) is 40.2 Å². The van der Waals surface area contributed by atoms with Crippen molar-refractivity contribution in [3.63, 3.8) is 0 Å². The molecule has 1 amide bonds. The summed E-state index contributed by atoms with van der Waals surface area (Å²) in [5, 5.41) is 14.8. The fourth-order valence-electron chi connectivity index (χ4n) is 5.12. The van der Waals surface area contributed by atoms with Crippen molar-refractivity contribution < 1.29 is 27.8 Å². The molecule has 31 heavy (non-hydrogen) atoms. The first-order valence-corrected chi connectivity index (χ1v) is 11.2. The summed E-state index contributed by atoms with van der Waals surface area (Å²) in [6.45, 7) is -0.620. The standard InChI is InChI=1S/C23H29F3N2O3/c24-23(25,26)22(30)19-9-5-2-6-10-20(19)27-28(22)21(29)15-31-18-13-11-17(12-14-18)16-7-3-1-4-8-16/h11-14,16,19,30H,1-10,15H2/t19-,22+/m1/s1. The van der Waals surface area contributed by atoms with E-state index >= 15 is 0 Å². The second-order valence-electron chi connectivity index (χ2n) is 8.87. The maximum atomic E-state index is 13.9. The number of alkyl halides is 3. The number of carbonyl (C=O) groups is 1. The van der Waals surface area contributed by atoms with Crippen molar-refractivity contribution in [2.24, 2.45) is 11.0 Å². The number of benzene rings is 1. The smallest absolute Gasteiger partial charge is 0.439 e. The lowest BCUT2D eigenvalue weighted by Gasteiger charge is -2.37. The van der Waals surface area contributed by atoms with Gasteiger partial charge in [-0.05, 0) is 55.7 Å². The second kappa shape index (κ2) is 8.81. The number of hydrogen-bond donors (Lipinski definition) is 1. The molecule has 0 saturated heterocycles. The van der Waals surface area contributed by atoms with Crippen LogP contribution in [0, 0.1) is 5.92 Å². The van der Waals surface area contributed by atoms with Crippen molar-refractivity contribution >= 4 is 11.6 Å². The second-order valence-corrected chi connectivity index (χ2v) is 8.87. The van der Waals surface area contributed by atoms with Crippen molar-refractivity contribution in [1.82, 2.24) is 5.01 Å². The molecule has 1 aliphatic heterocycles. The van der Waals surface area contributed by atoms with Crippen molar-refractivity contribution in [3.8, 4) is 5.75 Å². The summed E-state index contributed by atoms with van der Waals surface area (Å²) < 4.78 is 47.1. The number of fused-ring (bicyclic) bond motifs is 1. The van der Waals surface area contributed by atoms with Gasteiger partial charge in [-0.1, -0.05) is 44.2 Å². The number of hydrazone groups is 1. The van der Waals surface area contributed by atoms with E-state index in [-0.39, 0.29) is 17.1 Å². The molecule has 2 aliphatic carbocycles. The number of rotatable bonds is 4. The van der Waals surface area contributed by atoms with Crippen molar-refractivity contribution in [3.05, 3.63) is 29.8 Å². The number of nitrogens with zero attached hydrogens (tertiary/aromatic N) is 2. The number of halogens is 3. The normalized spacial score (nSPS) is 27.4. The molecular weight excluding hydrogens is 409 g/mol. The van der Waals surface area contributed by atoms with Crippen LogP contribution in [0.2, 0.25) is 0 Å². The lowest BCUT2D eigenvalue weighted by atomic mass is 9.84. The van der Waals surface area contributed by atoms with Gasteiger partial charge in [0.1, 0.15) is 5.75 Å². The average Bonchev–Trinajstić information content (AvgIpc) is 2.91. The molecular formula is C23H29F3N2O3. The minimum atomic E-state index is -5.01. The van der Waals surface area contributed by atoms with Gasteiger partial charge in [0.15, 0.2) is 6.61 Å². The molecule has 1 heterocycles. The first-order valence-electron chi connectivity index (χ1n) is 11.2. The SMILES string of the molecule is O=C(COc1ccc(C2CCCCC2)cc1)N1N=C2CCCCC[C@H]2[C@]1(O)C(F)(F)F. The molecule has 0 radical (unpaired) electrons. The molecule has 0 bridgehead atoms. The quantitative estimate of drug-likeness (QED) is 0.708. The number of amides is 1. The highest BCUT2D eigenvalue weighted by molar-refractivity contribution is 5.93. The molecule has 8 heteroatoms. The topological polar surface area (TPSA) is 62.1 Å². The predicted octanol–water partition coefficient (Wildman–Crippen LogP) is 5.14. The van der Waals surface area contributed by atoms with Crippen LogP contribution >= 0.6 is 0 Å². The molecule has 0 unspecified atom stereocenters. The van der Waals surface area contributed by atoms with Gasteiger partial charge >= 0.3 is 6.18 Å². The molecule has 5 nitrogen and oxygen atoms in total. The molecule has 1 N–H and O–H groups in total. The molecule has 0 aromatic heterocycles. The summed E-state index contributed by atoms with van der Waals surface area (Å²) in [5.41, 5.74) is -1.84. The first-order chi connectivity index (χ1) is 14.8. The van der Waals surface area contributed by atoms with E-state index in [1.54, 1.807) is 12.1 Å². The highest BCUT2D eigenvalue weighted by Gasteiger charge is 2.68. The van der Waals surface area contributed by atoms with Crippen LogP contribution in [0.4, 0.5) is 13.2 Å². The third kappa shape index (κ3) is 4.31. The zero-order valence-corrected chi connectivity index (χ0v) is 17.5. The van der Waals surface area contributed by atoms with Crippen LogP contribution in [0.3, 0.4) is 0 Å². The third-order valence-corrected chi connectivity index (χ3v) is 6.84. The number of hydrogen-bond acceptors (Lipinski definition) is 4. The monoisotopic (exact) mass is 438 g/mol. The Kier molecular flexibility index (Phi) is 6.28. The minimum absolute atomic E-state index is 0.155. The Morgan fingerprint density at radius 3 is 2.39 bits per heavy atom. The molecule has 0 spiro atoms. The van der Waals surface area contributed by atoms with E-state index in [4.69, 9.17) is 4.74 Å². The Labute approximate surface area is 180 Å². The Bertz CT molecular complexity index is 818. The fourth-order valence-corrected chi connectivity index (χ4v) is 5.12. The van der Waals surface area contributed by atoms with E-state index in [1.807, 2.05) is 12.1 Å². The van der Waals surface area contributed by atoms with Gasteiger partial charge in [-0.25, -0.2) is 0 Å². The summed E-state index contributed by atoms with van der Waals surface area (Å²) in [6.07, 6.45) is 3.59. The van der Waals surface area contributed by atoms with Gasteiger partial charge in [0, 0.05) is 5.71 Å². The van der Waals surface area contributed by atoms with E-state index < -0.39 is 30.3 Å². The molecule has 170 valence electrons. The maximum Gasteiger partial charge on any atom is 0.439 e. The summed E-state index contributed by atoms with van der Waals surface area (Å²) in [7, 11) is 0. The largest absolute Gasteiger partial charge is 0.484 e. The first kappa shape index (κ1) is 22.1. The number of ether oxygens (including phenoxy) is 1. The molecule has 4 rings (SSSR count). The van der Waals surface area contributed by atoms with Crippen LogP contribution in [0.25, 0.3) is 0 Å². The van der Waals surface area contributed by atoms with E-state index in [0.29, 0.717) is 30.9 Å². The summed E-state index contributed by atoms with van der Waals surface area (Å²) in [6, 6.07) is 7.39. The van der Waals surface area contributed by atoms with Gasteiger partial charge in [-0.15, -0.1) is 0 Å². The van der Waals surface area contributed by atoms with Crippen molar-refractivity contribution in [1.29, 1.82) is 0 Å². The van der Waals surface area contributed by atoms with Gasteiger partial charge in [0.2, 0.25) is 0 Å². The van der Waals surface area contributed by atoms with E-state index in [2.05, 4.69) is 5.10 Å². The van der Waals surface area contributed by atoms with Crippen LogP contribution in [-0.2, 0) is 4.79 Å². The summed E-state index contributed by atoms with van der Waals surface area (Å²) >= 11 is 0. The van der Waals surface area contributed by atoms with Crippen molar-refractivity contribution in [2.75, 3.05) is 6.61 Å². The number of carbonyl (C=O) groups excluding carboxylic acids is 1. The highest BCUT2D eigenvalue weighted by atomic mass is 19.4. The zero-order valence-electron chi connectivity index (χ0n) is 17.5. The average molecular weight is 438 g/mol. The molecule has 2 atom stereocenters. The molecule has 1 aromatic carbocycles. The lowest BCUT2D eigenvalue weighted by molar-refractivity contribution is -0.317. The van der Waals surface area contributed by atoms with E-state index in [9.17, 15) is 23.1 Å². The third-order valence-electron chi connectivity index (χ3n) is 6.84. The van der Waals surface area contributed by atoms with Crippen LogP contribution in [0.5, 0.6) is 5.75 Å². The fraction of sp³-hybridized carbons (Fsp3) is 0.652. The number of aliphatic hydroxyl groups is 1. The van der Waals surface area contributed by atoms with Crippen LogP contribution in [0.1, 0.15) is 75.7 Å². The molecule has 1 aromatic rings.